The number of likely N-dealkylation sites (tertiary alicyclic amines) is 1. The van der Waals surface area contributed by atoms with E-state index in [4.69, 9.17) is 0 Å². The molecule has 1 N–H and O–H groups in total. The number of rotatable bonds is 4. The second-order valence-electron chi connectivity index (χ2n) is 4.48. The molecule has 6 nitrogen and oxygen atoms in total. The number of ether oxygens (including phenoxy) is 1. The minimum Gasteiger partial charge on any atom is -0.465 e. The molecule has 1 aromatic rings. The summed E-state index contributed by atoms with van der Waals surface area (Å²) in [5, 5.41) is 4.41. The molecule has 1 fully saturated rings. The summed E-state index contributed by atoms with van der Waals surface area (Å²) >= 11 is 1.21. The molecule has 0 radical (unpaired) electrons. The molecule has 1 aliphatic heterocycles. The van der Waals surface area contributed by atoms with E-state index in [1.165, 1.54) is 18.4 Å². The highest BCUT2D eigenvalue weighted by molar-refractivity contribution is 7.12. The summed E-state index contributed by atoms with van der Waals surface area (Å²) < 4.78 is 4.65. The largest absolute Gasteiger partial charge is 0.465 e. The van der Waals surface area contributed by atoms with E-state index < -0.39 is 5.97 Å². The van der Waals surface area contributed by atoms with Gasteiger partial charge in [-0.3, -0.25) is 9.59 Å². The van der Waals surface area contributed by atoms with Gasteiger partial charge in [0.1, 0.15) is 4.88 Å². The second-order valence-corrected chi connectivity index (χ2v) is 5.39. The molecule has 1 atom stereocenters. The Labute approximate surface area is 120 Å². The topological polar surface area (TPSA) is 75.7 Å². The van der Waals surface area contributed by atoms with Crippen LogP contribution < -0.4 is 5.32 Å². The predicted octanol–water partition coefficient (Wildman–Crippen LogP) is 1.34. The Morgan fingerprint density at radius 2 is 2.30 bits per heavy atom. The molecule has 108 valence electrons. The van der Waals surface area contributed by atoms with Crippen LogP contribution in [0.1, 0.15) is 23.0 Å². The Morgan fingerprint density at radius 1 is 1.55 bits per heavy atom. The molecule has 2 amide bonds. The molecule has 20 heavy (non-hydrogen) atoms. The van der Waals surface area contributed by atoms with Crippen molar-refractivity contribution < 1.29 is 19.1 Å². The van der Waals surface area contributed by atoms with Crippen molar-refractivity contribution in [1.29, 1.82) is 0 Å². The molecular weight excluding hydrogens is 280 g/mol. The Hall–Kier alpha value is -1.89. The Bertz CT molecular complexity index is 540. The lowest BCUT2D eigenvalue weighted by Gasteiger charge is -2.13. The van der Waals surface area contributed by atoms with E-state index in [1.54, 1.807) is 16.3 Å². The fourth-order valence-electron chi connectivity index (χ4n) is 2.15. The second kappa shape index (κ2) is 6.04. The molecule has 0 spiro atoms. The number of thiophene rings is 1. The van der Waals surface area contributed by atoms with Gasteiger partial charge in [0, 0.05) is 19.5 Å². The molecular formula is C13H16N2O4S. The van der Waals surface area contributed by atoms with Crippen molar-refractivity contribution in [3.63, 3.8) is 0 Å². The molecule has 0 aliphatic carbocycles. The van der Waals surface area contributed by atoms with Gasteiger partial charge in [0.25, 0.3) is 0 Å². The van der Waals surface area contributed by atoms with E-state index in [0.717, 1.165) is 0 Å². The van der Waals surface area contributed by atoms with Gasteiger partial charge in [-0.25, -0.2) is 4.79 Å². The zero-order chi connectivity index (χ0) is 14.7. The zero-order valence-electron chi connectivity index (χ0n) is 11.3. The first-order valence-corrected chi connectivity index (χ1v) is 7.19. The molecule has 0 saturated carbocycles. The van der Waals surface area contributed by atoms with Crippen molar-refractivity contribution >= 4 is 34.8 Å². The van der Waals surface area contributed by atoms with Gasteiger partial charge in [0.2, 0.25) is 11.8 Å². The fraction of sp³-hybridized carbons (Fsp3) is 0.462. The summed E-state index contributed by atoms with van der Waals surface area (Å²) in [6, 6.07) is 1.66. The van der Waals surface area contributed by atoms with Crippen LogP contribution in [0.4, 0.5) is 5.69 Å². The highest BCUT2D eigenvalue weighted by atomic mass is 32.1. The lowest BCUT2D eigenvalue weighted by atomic mass is 10.1. The number of hydrogen-bond donors (Lipinski definition) is 1. The van der Waals surface area contributed by atoms with Gasteiger partial charge in [0.15, 0.2) is 0 Å². The molecule has 1 aromatic heterocycles. The van der Waals surface area contributed by atoms with Crippen LogP contribution in [-0.2, 0) is 14.3 Å². The molecule has 7 heteroatoms. The highest BCUT2D eigenvalue weighted by Gasteiger charge is 2.33. The van der Waals surface area contributed by atoms with E-state index in [9.17, 15) is 14.4 Å². The molecule has 0 bridgehead atoms. The molecule has 2 rings (SSSR count). The highest BCUT2D eigenvalue weighted by Crippen LogP contribution is 2.25. The van der Waals surface area contributed by atoms with Crippen LogP contribution >= 0.6 is 11.3 Å². The Morgan fingerprint density at radius 3 is 2.90 bits per heavy atom. The summed E-state index contributed by atoms with van der Waals surface area (Å²) in [6.07, 6.45) is 0.220. The van der Waals surface area contributed by atoms with E-state index in [-0.39, 0.29) is 24.2 Å². The van der Waals surface area contributed by atoms with Gasteiger partial charge < -0.3 is 15.0 Å². The van der Waals surface area contributed by atoms with Crippen molar-refractivity contribution in [3.05, 3.63) is 16.3 Å². The monoisotopic (exact) mass is 296 g/mol. The van der Waals surface area contributed by atoms with Crippen LogP contribution in [0.15, 0.2) is 11.4 Å². The number of hydrogen-bond acceptors (Lipinski definition) is 5. The van der Waals surface area contributed by atoms with Crippen molar-refractivity contribution in [2.75, 3.05) is 25.5 Å². The number of nitrogens with one attached hydrogen (secondary N) is 1. The maximum Gasteiger partial charge on any atom is 0.350 e. The van der Waals surface area contributed by atoms with Gasteiger partial charge in [-0.05, 0) is 18.4 Å². The Balaban J connectivity index is 2.04. The van der Waals surface area contributed by atoms with Crippen molar-refractivity contribution in [3.8, 4) is 0 Å². The smallest absolute Gasteiger partial charge is 0.350 e. The van der Waals surface area contributed by atoms with Crippen LogP contribution in [0.2, 0.25) is 0 Å². The van der Waals surface area contributed by atoms with Gasteiger partial charge in [-0.2, -0.15) is 0 Å². The quantitative estimate of drug-likeness (QED) is 0.851. The third kappa shape index (κ3) is 2.82. The maximum atomic E-state index is 12.1. The molecule has 0 unspecified atom stereocenters. The van der Waals surface area contributed by atoms with Gasteiger partial charge in [0.05, 0.1) is 18.7 Å². The van der Waals surface area contributed by atoms with E-state index in [0.29, 0.717) is 23.7 Å². The first-order chi connectivity index (χ1) is 9.56. The molecule has 0 aromatic carbocycles. The number of methoxy groups -OCH3 is 1. The summed E-state index contributed by atoms with van der Waals surface area (Å²) in [7, 11) is 1.29. The van der Waals surface area contributed by atoms with Crippen LogP contribution in [-0.4, -0.2) is 42.9 Å². The standard InChI is InChI=1S/C13H16N2O4S/c1-3-15-7-8(6-10(15)16)12(17)14-9-4-5-20-11(9)13(18)19-2/h4-5,8H,3,6-7H2,1-2H3,(H,14,17)/t8-/m1/s1. The number of amides is 2. The maximum absolute atomic E-state index is 12.1. The number of carbonyl (C=O) groups excluding carboxylic acids is 3. The van der Waals surface area contributed by atoms with E-state index in [2.05, 4.69) is 10.1 Å². The first-order valence-electron chi connectivity index (χ1n) is 6.31. The molecule has 1 aliphatic rings. The van der Waals surface area contributed by atoms with Gasteiger partial charge in [-0.1, -0.05) is 0 Å². The minimum atomic E-state index is -0.479. The Kier molecular flexibility index (Phi) is 4.39. The van der Waals surface area contributed by atoms with E-state index >= 15 is 0 Å². The first kappa shape index (κ1) is 14.5. The van der Waals surface area contributed by atoms with Crippen LogP contribution in [0.3, 0.4) is 0 Å². The summed E-state index contributed by atoms with van der Waals surface area (Å²) in [6.45, 7) is 2.92. The predicted molar refractivity (Wildman–Crippen MR) is 74.6 cm³/mol. The van der Waals surface area contributed by atoms with Crippen molar-refractivity contribution in [1.82, 2.24) is 4.90 Å². The van der Waals surface area contributed by atoms with Gasteiger partial charge in [-0.15, -0.1) is 11.3 Å². The average Bonchev–Trinajstić information content (AvgIpc) is 3.04. The normalized spacial score (nSPS) is 18.2. The molecule has 1 saturated heterocycles. The average molecular weight is 296 g/mol. The number of nitrogens with zero attached hydrogens (tertiary/aromatic N) is 1. The molecule has 2 heterocycles. The lowest BCUT2D eigenvalue weighted by molar-refractivity contribution is -0.128. The fourth-order valence-corrected chi connectivity index (χ4v) is 2.91. The summed E-state index contributed by atoms with van der Waals surface area (Å²) in [4.78, 5) is 37.3. The SMILES string of the molecule is CCN1C[C@H](C(=O)Nc2ccsc2C(=O)OC)CC1=O. The van der Waals surface area contributed by atoms with Crippen molar-refractivity contribution in [2.45, 2.75) is 13.3 Å². The minimum absolute atomic E-state index is 0.00819. The lowest BCUT2D eigenvalue weighted by Crippen LogP contribution is -2.28. The van der Waals surface area contributed by atoms with Crippen LogP contribution in [0.25, 0.3) is 0 Å². The number of anilines is 1. The summed E-state index contributed by atoms with van der Waals surface area (Å²) in [5.41, 5.74) is 0.439. The zero-order valence-corrected chi connectivity index (χ0v) is 12.2. The number of carbonyl (C=O) groups is 3. The van der Waals surface area contributed by atoms with E-state index in [1.807, 2.05) is 6.92 Å². The van der Waals surface area contributed by atoms with Crippen LogP contribution in [0.5, 0.6) is 0 Å². The third-order valence-corrected chi connectivity index (χ3v) is 4.16. The van der Waals surface area contributed by atoms with Crippen molar-refractivity contribution in [2.24, 2.45) is 5.92 Å². The van der Waals surface area contributed by atoms with Gasteiger partial charge >= 0.3 is 5.97 Å². The third-order valence-electron chi connectivity index (χ3n) is 3.26. The number of esters is 1. The van der Waals surface area contributed by atoms with Crippen LogP contribution in [0, 0.1) is 5.92 Å². The summed E-state index contributed by atoms with van der Waals surface area (Å²) in [5.74, 6) is -1.09.